The van der Waals surface area contributed by atoms with E-state index in [1.54, 1.807) is 0 Å². The predicted molar refractivity (Wildman–Crippen MR) is 70.3 cm³/mol. The number of carbonyl (C=O) groups excluding carboxylic acids is 1. The van der Waals surface area contributed by atoms with E-state index in [0.717, 1.165) is 44.8 Å². The number of ether oxygens (including phenoxy) is 1. The van der Waals surface area contributed by atoms with Crippen molar-refractivity contribution in [3.63, 3.8) is 0 Å². The van der Waals surface area contributed by atoms with E-state index < -0.39 is 0 Å². The molecule has 2 aliphatic heterocycles. The molecule has 0 aromatic heterocycles. The first kappa shape index (κ1) is 13.2. The highest BCUT2D eigenvalue weighted by molar-refractivity contribution is 8.00. The SMILES string of the molecule is COC(=O)C1(N2CCCNCC2)CSC(C)C1. The Balaban J connectivity index is 2.17. The minimum atomic E-state index is -0.370. The number of hydrogen-bond donors (Lipinski definition) is 1. The van der Waals surface area contributed by atoms with Crippen LogP contribution in [-0.2, 0) is 9.53 Å². The normalized spacial score (nSPS) is 35.5. The van der Waals surface area contributed by atoms with E-state index in [0.29, 0.717) is 5.25 Å². The summed E-state index contributed by atoms with van der Waals surface area (Å²) >= 11 is 1.89. The molecule has 0 saturated carbocycles. The van der Waals surface area contributed by atoms with Gasteiger partial charge in [0.15, 0.2) is 0 Å². The number of thioether (sulfide) groups is 1. The molecular formula is C12H22N2O2S. The largest absolute Gasteiger partial charge is 0.468 e. The van der Waals surface area contributed by atoms with Gasteiger partial charge in [-0.15, -0.1) is 0 Å². The molecular weight excluding hydrogens is 236 g/mol. The topological polar surface area (TPSA) is 41.6 Å². The Morgan fingerprint density at radius 2 is 2.29 bits per heavy atom. The maximum atomic E-state index is 12.2. The summed E-state index contributed by atoms with van der Waals surface area (Å²) in [5.74, 6) is 0.831. The second-order valence-electron chi connectivity index (χ2n) is 4.94. The second kappa shape index (κ2) is 5.59. The fourth-order valence-corrected chi connectivity index (χ4v) is 4.20. The summed E-state index contributed by atoms with van der Waals surface area (Å²) in [6.45, 7) is 6.16. The van der Waals surface area contributed by atoms with Crippen LogP contribution in [0.1, 0.15) is 19.8 Å². The third-order valence-electron chi connectivity index (χ3n) is 3.74. The van der Waals surface area contributed by atoms with Gasteiger partial charge in [0, 0.05) is 30.6 Å². The standard InChI is InChI=1S/C12H22N2O2S/c1-10-8-12(9-17-10,11(15)16-2)14-6-3-4-13-5-7-14/h10,13H,3-9H2,1-2H3. The van der Waals surface area contributed by atoms with Crippen LogP contribution in [0.3, 0.4) is 0 Å². The van der Waals surface area contributed by atoms with Crippen molar-refractivity contribution in [2.45, 2.75) is 30.6 Å². The molecule has 0 aromatic carbocycles. The number of carbonyl (C=O) groups is 1. The van der Waals surface area contributed by atoms with Gasteiger partial charge in [-0.2, -0.15) is 11.8 Å². The zero-order valence-electron chi connectivity index (χ0n) is 10.7. The van der Waals surface area contributed by atoms with Crippen LogP contribution in [0.15, 0.2) is 0 Å². The summed E-state index contributed by atoms with van der Waals surface area (Å²) in [6, 6.07) is 0. The smallest absolute Gasteiger partial charge is 0.327 e. The van der Waals surface area contributed by atoms with Gasteiger partial charge in [0.25, 0.3) is 0 Å². The lowest BCUT2D eigenvalue weighted by Gasteiger charge is -2.37. The third-order valence-corrected chi connectivity index (χ3v) is 5.12. The van der Waals surface area contributed by atoms with E-state index in [4.69, 9.17) is 4.74 Å². The summed E-state index contributed by atoms with van der Waals surface area (Å²) in [4.78, 5) is 14.5. The van der Waals surface area contributed by atoms with Gasteiger partial charge < -0.3 is 10.1 Å². The van der Waals surface area contributed by atoms with E-state index in [1.807, 2.05) is 11.8 Å². The number of methoxy groups -OCH3 is 1. The summed E-state index contributed by atoms with van der Waals surface area (Å²) in [7, 11) is 1.51. The Labute approximate surface area is 107 Å². The Kier molecular flexibility index (Phi) is 4.33. The molecule has 0 spiro atoms. The predicted octanol–water partition coefficient (Wildman–Crippen LogP) is 0.719. The minimum absolute atomic E-state index is 0.0451. The average molecular weight is 258 g/mol. The molecule has 0 amide bonds. The van der Waals surface area contributed by atoms with Crippen LogP contribution >= 0.6 is 11.8 Å². The number of esters is 1. The van der Waals surface area contributed by atoms with Gasteiger partial charge in [-0.3, -0.25) is 9.69 Å². The molecule has 2 heterocycles. The number of hydrogen-bond acceptors (Lipinski definition) is 5. The Morgan fingerprint density at radius 3 is 2.94 bits per heavy atom. The zero-order valence-corrected chi connectivity index (χ0v) is 11.5. The van der Waals surface area contributed by atoms with Gasteiger partial charge in [0.2, 0.25) is 0 Å². The molecule has 0 radical (unpaired) electrons. The van der Waals surface area contributed by atoms with Crippen molar-refractivity contribution >= 4 is 17.7 Å². The lowest BCUT2D eigenvalue weighted by molar-refractivity contribution is -0.154. The molecule has 2 unspecified atom stereocenters. The lowest BCUT2D eigenvalue weighted by atomic mass is 9.93. The van der Waals surface area contributed by atoms with E-state index in [9.17, 15) is 4.79 Å². The highest BCUT2D eigenvalue weighted by Crippen LogP contribution is 2.39. The Bertz CT molecular complexity index is 280. The van der Waals surface area contributed by atoms with Gasteiger partial charge in [0.05, 0.1) is 7.11 Å². The van der Waals surface area contributed by atoms with Gasteiger partial charge in [-0.05, 0) is 19.4 Å². The summed E-state index contributed by atoms with van der Waals surface area (Å²) < 4.78 is 5.07. The highest BCUT2D eigenvalue weighted by Gasteiger charge is 2.49. The van der Waals surface area contributed by atoms with Gasteiger partial charge in [-0.1, -0.05) is 6.92 Å². The molecule has 0 aliphatic carbocycles. The molecule has 5 heteroatoms. The Morgan fingerprint density at radius 1 is 1.47 bits per heavy atom. The van der Waals surface area contributed by atoms with E-state index in [1.165, 1.54) is 7.11 Å². The van der Waals surface area contributed by atoms with Crippen molar-refractivity contribution in [3.8, 4) is 0 Å². The van der Waals surface area contributed by atoms with Crippen LogP contribution in [0.25, 0.3) is 0 Å². The minimum Gasteiger partial charge on any atom is -0.468 e. The van der Waals surface area contributed by atoms with Gasteiger partial charge in [-0.25, -0.2) is 0 Å². The zero-order chi connectivity index (χ0) is 12.3. The average Bonchev–Trinajstić information content (AvgIpc) is 2.57. The van der Waals surface area contributed by atoms with Crippen molar-refractivity contribution in [2.24, 2.45) is 0 Å². The molecule has 2 rings (SSSR count). The fourth-order valence-electron chi connectivity index (χ4n) is 2.83. The third kappa shape index (κ3) is 2.61. The van der Waals surface area contributed by atoms with Crippen LogP contribution in [0, 0.1) is 0 Å². The maximum absolute atomic E-state index is 12.2. The fraction of sp³-hybridized carbons (Fsp3) is 0.917. The summed E-state index contributed by atoms with van der Waals surface area (Å²) in [5, 5.41) is 3.93. The van der Waals surface area contributed by atoms with E-state index >= 15 is 0 Å². The maximum Gasteiger partial charge on any atom is 0.327 e. The highest BCUT2D eigenvalue weighted by atomic mass is 32.2. The molecule has 17 heavy (non-hydrogen) atoms. The second-order valence-corrected chi connectivity index (χ2v) is 6.37. The first-order chi connectivity index (χ1) is 8.19. The molecule has 2 atom stereocenters. The molecule has 98 valence electrons. The number of rotatable bonds is 2. The number of nitrogens with one attached hydrogen (secondary N) is 1. The van der Waals surface area contributed by atoms with Gasteiger partial charge >= 0.3 is 5.97 Å². The first-order valence-corrected chi connectivity index (χ1v) is 7.40. The molecule has 0 bridgehead atoms. The van der Waals surface area contributed by atoms with Crippen LogP contribution in [-0.4, -0.2) is 60.7 Å². The van der Waals surface area contributed by atoms with Crippen LogP contribution in [0.2, 0.25) is 0 Å². The van der Waals surface area contributed by atoms with Crippen molar-refractivity contribution in [1.29, 1.82) is 0 Å². The van der Waals surface area contributed by atoms with Gasteiger partial charge in [0.1, 0.15) is 5.54 Å². The molecule has 2 aliphatic rings. The van der Waals surface area contributed by atoms with E-state index in [-0.39, 0.29) is 11.5 Å². The molecule has 2 fully saturated rings. The summed E-state index contributed by atoms with van der Waals surface area (Å²) in [5.41, 5.74) is -0.370. The van der Waals surface area contributed by atoms with Crippen molar-refractivity contribution < 1.29 is 9.53 Å². The Hall–Kier alpha value is -0.260. The summed E-state index contributed by atoms with van der Waals surface area (Å²) in [6.07, 6.45) is 2.03. The van der Waals surface area contributed by atoms with Crippen LogP contribution in [0.4, 0.5) is 0 Å². The van der Waals surface area contributed by atoms with E-state index in [2.05, 4.69) is 17.1 Å². The molecule has 4 nitrogen and oxygen atoms in total. The quantitative estimate of drug-likeness (QED) is 0.739. The number of nitrogens with zero attached hydrogens (tertiary/aromatic N) is 1. The van der Waals surface area contributed by atoms with Crippen molar-refractivity contribution in [1.82, 2.24) is 10.2 Å². The van der Waals surface area contributed by atoms with Crippen LogP contribution in [0.5, 0.6) is 0 Å². The van der Waals surface area contributed by atoms with Crippen LogP contribution < -0.4 is 5.32 Å². The van der Waals surface area contributed by atoms with Crippen molar-refractivity contribution in [3.05, 3.63) is 0 Å². The van der Waals surface area contributed by atoms with Crippen molar-refractivity contribution in [2.75, 3.05) is 39.0 Å². The lowest BCUT2D eigenvalue weighted by Crippen LogP contribution is -2.56. The monoisotopic (exact) mass is 258 g/mol. The molecule has 0 aromatic rings. The first-order valence-electron chi connectivity index (χ1n) is 6.35. The molecule has 2 saturated heterocycles. The molecule has 1 N–H and O–H groups in total.